The van der Waals surface area contributed by atoms with Crippen LogP contribution in [0, 0.1) is 0 Å². The quantitative estimate of drug-likeness (QED) is 0.833. The number of halogens is 2. The van der Waals surface area contributed by atoms with Crippen molar-refractivity contribution < 1.29 is 0 Å². The van der Waals surface area contributed by atoms with Gasteiger partial charge in [-0.2, -0.15) is 0 Å². The number of nitrogens with one attached hydrogen (secondary N) is 1. The molecule has 82 valence electrons. The summed E-state index contributed by atoms with van der Waals surface area (Å²) < 4.78 is 0. The minimum atomic E-state index is 0.383. The van der Waals surface area contributed by atoms with Crippen LogP contribution in [0.4, 0.5) is 0 Å². The van der Waals surface area contributed by atoms with Crippen molar-refractivity contribution in [3.8, 4) is 0 Å². The molecule has 1 N–H and O–H groups in total. The van der Waals surface area contributed by atoms with Gasteiger partial charge in [0.15, 0.2) is 0 Å². The Labute approximate surface area is 101 Å². The summed E-state index contributed by atoms with van der Waals surface area (Å²) in [5.74, 6) is 0.383. The third kappa shape index (κ3) is 2.30. The van der Waals surface area contributed by atoms with E-state index in [1.54, 1.807) is 0 Å². The topological polar surface area (TPSA) is 12.0 Å². The van der Waals surface area contributed by atoms with Gasteiger partial charge in [0.1, 0.15) is 0 Å². The lowest BCUT2D eigenvalue weighted by Gasteiger charge is -2.21. The van der Waals surface area contributed by atoms with Crippen molar-refractivity contribution >= 4 is 23.2 Å². The van der Waals surface area contributed by atoms with Gasteiger partial charge >= 0.3 is 0 Å². The molecule has 1 nitrogen and oxygen atoms in total. The maximum absolute atomic E-state index is 6.19. The summed E-state index contributed by atoms with van der Waals surface area (Å²) >= 11 is 12.4. The monoisotopic (exact) mass is 243 g/mol. The molecule has 1 heterocycles. The van der Waals surface area contributed by atoms with Crippen molar-refractivity contribution in [2.24, 2.45) is 0 Å². The van der Waals surface area contributed by atoms with Gasteiger partial charge in [0.25, 0.3) is 0 Å². The predicted octanol–water partition coefficient (Wildman–Crippen LogP) is 3.85. The molecule has 0 aliphatic carbocycles. The summed E-state index contributed by atoms with van der Waals surface area (Å²) in [5, 5.41) is 5.05. The molecule has 2 unspecified atom stereocenters. The molecular weight excluding hydrogens is 229 g/mol. The predicted molar refractivity (Wildman–Crippen MR) is 65.9 cm³/mol. The lowest BCUT2D eigenvalue weighted by molar-refractivity contribution is 0.518. The number of hydrogen-bond acceptors (Lipinski definition) is 1. The third-order valence-electron chi connectivity index (χ3n) is 3.16. The second kappa shape index (κ2) is 4.73. The normalized spacial score (nSPS) is 23.0. The summed E-state index contributed by atoms with van der Waals surface area (Å²) in [4.78, 5) is 0. The zero-order chi connectivity index (χ0) is 10.8. The molecule has 0 amide bonds. The minimum absolute atomic E-state index is 0.383. The van der Waals surface area contributed by atoms with Gasteiger partial charge in [0.2, 0.25) is 0 Å². The second-order valence-corrected chi connectivity index (χ2v) is 4.94. The molecule has 0 saturated carbocycles. The Morgan fingerprint density at radius 1 is 1.33 bits per heavy atom. The smallest absolute Gasteiger partial charge is 0.0456 e. The lowest BCUT2D eigenvalue weighted by Crippen LogP contribution is -2.27. The Kier molecular flexibility index (Phi) is 3.55. The second-order valence-electron chi connectivity index (χ2n) is 4.13. The maximum atomic E-state index is 6.19. The van der Waals surface area contributed by atoms with E-state index < -0.39 is 0 Å². The Hall–Kier alpha value is -0.240. The van der Waals surface area contributed by atoms with Crippen molar-refractivity contribution in [2.45, 2.75) is 31.7 Å². The summed E-state index contributed by atoms with van der Waals surface area (Å²) in [7, 11) is 0. The zero-order valence-corrected chi connectivity index (χ0v) is 10.3. The van der Waals surface area contributed by atoms with Crippen molar-refractivity contribution in [1.29, 1.82) is 0 Å². The van der Waals surface area contributed by atoms with Crippen LogP contribution in [0.3, 0.4) is 0 Å². The van der Waals surface area contributed by atoms with Gasteiger partial charge in [0, 0.05) is 16.1 Å². The van der Waals surface area contributed by atoms with Crippen LogP contribution < -0.4 is 5.32 Å². The first kappa shape index (κ1) is 11.3. The molecule has 1 saturated heterocycles. The van der Waals surface area contributed by atoms with E-state index in [-0.39, 0.29) is 0 Å². The van der Waals surface area contributed by atoms with Crippen molar-refractivity contribution in [3.63, 3.8) is 0 Å². The zero-order valence-electron chi connectivity index (χ0n) is 8.76. The van der Waals surface area contributed by atoms with Gasteiger partial charge in [-0.25, -0.2) is 0 Å². The molecule has 1 aliphatic heterocycles. The SMILES string of the molecule is CC(c1c(Cl)cccc1Cl)C1CCCN1. The highest BCUT2D eigenvalue weighted by molar-refractivity contribution is 6.36. The van der Waals surface area contributed by atoms with Crippen LogP contribution in [0.15, 0.2) is 18.2 Å². The van der Waals surface area contributed by atoms with Gasteiger partial charge in [-0.15, -0.1) is 0 Å². The van der Waals surface area contributed by atoms with E-state index in [1.807, 2.05) is 18.2 Å². The highest BCUT2D eigenvalue weighted by Gasteiger charge is 2.25. The standard InChI is InChI=1S/C12H15Cl2N/c1-8(11-6-3-7-15-11)12-9(13)4-2-5-10(12)14/h2,4-5,8,11,15H,3,6-7H2,1H3. The van der Waals surface area contributed by atoms with Crippen LogP contribution in [-0.4, -0.2) is 12.6 Å². The number of benzene rings is 1. The summed E-state index contributed by atoms with van der Waals surface area (Å²) in [6, 6.07) is 6.23. The summed E-state index contributed by atoms with van der Waals surface area (Å²) in [6.07, 6.45) is 2.46. The van der Waals surface area contributed by atoms with Crippen LogP contribution in [0.25, 0.3) is 0 Å². The minimum Gasteiger partial charge on any atom is -0.313 e. The largest absolute Gasteiger partial charge is 0.313 e. The summed E-state index contributed by atoms with van der Waals surface area (Å²) in [5.41, 5.74) is 1.08. The van der Waals surface area contributed by atoms with Crippen molar-refractivity contribution in [2.75, 3.05) is 6.54 Å². The van der Waals surface area contributed by atoms with Gasteiger partial charge in [0.05, 0.1) is 0 Å². The molecular formula is C12H15Cl2N. The van der Waals surface area contributed by atoms with Crippen LogP contribution >= 0.6 is 23.2 Å². The van der Waals surface area contributed by atoms with E-state index in [4.69, 9.17) is 23.2 Å². The first-order valence-corrected chi connectivity index (χ1v) is 6.13. The molecule has 2 rings (SSSR count). The third-order valence-corrected chi connectivity index (χ3v) is 3.82. The maximum Gasteiger partial charge on any atom is 0.0456 e. The molecule has 1 aromatic carbocycles. The molecule has 0 aromatic heterocycles. The highest BCUT2D eigenvalue weighted by Crippen LogP contribution is 2.35. The molecule has 1 aliphatic rings. The molecule has 15 heavy (non-hydrogen) atoms. The molecule has 2 atom stereocenters. The molecule has 3 heteroatoms. The Morgan fingerprint density at radius 3 is 2.53 bits per heavy atom. The molecule has 0 radical (unpaired) electrons. The van der Waals surface area contributed by atoms with Crippen molar-refractivity contribution in [1.82, 2.24) is 5.32 Å². The molecule has 0 bridgehead atoms. The van der Waals surface area contributed by atoms with E-state index >= 15 is 0 Å². The number of rotatable bonds is 2. The van der Waals surface area contributed by atoms with Gasteiger partial charge in [-0.1, -0.05) is 36.2 Å². The van der Waals surface area contributed by atoms with Gasteiger partial charge in [-0.3, -0.25) is 0 Å². The van der Waals surface area contributed by atoms with Crippen LogP contribution in [0.2, 0.25) is 10.0 Å². The fourth-order valence-corrected chi connectivity index (χ4v) is 3.03. The number of hydrogen-bond donors (Lipinski definition) is 1. The van der Waals surface area contributed by atoms with Gasteiger partial charge in [-0.05, 0) is 43.0 Å². The highest BCUT2D eigenvalue weighted by atomic mass is 35.5. The van der Waals surface area contributed by atoms with E-state index in [2.05, 4.69) is 12.2 Å². The van der Waals surface area contributed by atoms with Crippen molar-refractivity contribution in [3.05, 3.63) is 33.8 Å². The van der Waals surface area contributed by atoms with E-state index in [0.717, 1.165) is 22.2 Å². The van der Waals surface area contributed by atoms with E-state index in [1.165, 1.54) is 12.8 Å². The summed E-state index contributed by atoms with van der Waals surface area (Å²) in [6.45, 7) is 3.30. The first-order valence-electron chi connectivity index (χ1n) is 5.37. The average Bonchev–Trinajstić information content (AvgIpc) is 2.69. The Morgan fingerprint density at radius 2 is 2.00 bits per heavy atom. The fourth-order valence-electron chi connectivity index (χ4n) is 2.29. The molecule has 1 fully saturated rings. The fraction of sp³-hybridized carbons (Fsp3) is 0.500. The van der Waals surface area contributed by atoms with Gasteiger partial charge < -0.3 is 5.32 Å². The molecule has 0 spiro atoms. The first-order chi connectivity index (χ1) is 7.20. The van der Waals surface area contributed by atoms with E-state index in [0.29, 0.717) is 12.0 Å². The average molecular weight is 244 g/mol. The van der Waals surface area contributed by atoms with Crippen LogP contribution in [0.5, 0.6) is 0 Å². The van der Waals surface area contributed by atoms with Crippen LogP contribution in [-0.2, 0) is 0 Å². The van der Waals surface area contributed by atoms with Crippen LogP contribution in [0.1, 0.15) is 31.2 Å². The Bertz CT molecular complexity index is 325. The Balaban J connectivity index is 2.27. The molecule has 1 aromatic rings. The van der Waals surface area contributed by atoms with E-state index in [9.17, 15) is 0 Å². The lowest BCUT2D eigenvalue weighted by atomic mass is 9.92.